The Hall–Kier alpha value is -0.640. The number of rotatable bonds is 4. The number of hydrogen-bond acceptors (Lipinski definition) is 2. The molecule has 1 amide bonds. The first-order valence-electron chi connectivity index (χ1n) is 4.36. The molecule has 0 saturated carbocycles. The monoisotopic (exact) mass is 202 g/mol. The summed E-state index contributed by atoms with van der Waals surface area (Å²) in [4.78, 5) is 13.5. The van der Waals surface area contributed by atoms with Crippen molar-refractivity contribution in [2.75, 3.05) is 7.05 Å². The average molecular weight is 202 g/mol. The van der Waals surface area contributed by atoms with E-state index in [9.17, 15) is 4.79 Å². The fourth-order valence-corrected chi connectivity index (χ4v) is 0.966. The Bertz CT molecular complexity index is 214. The summed E-state index contributed by atoms with van der Waals surface area (Å²) >= 11 is 4.68. The fourth-order valence-electron chi connectivity index (χ4n) is 0.842. The summed E-state index contributed by atoms with van der Waals surface area (Å²) in [7, 11) is 1.78. The van der Waals surface area contributed by atoms with E-state index in [1.807, 2.05) is 20.8 Å². The van der Waals surface area contributed by atoms with Gasteiger partial charge in [-0.1, -0.05) is 19.1 Å². The quantitative estimate of drug-likeness (QED) is 0.699. The summed E-state index contributed by atoms with van der Waals surface area (Å²) in [5.74, 6) is -0.0145. The molecule has 0 aliphatic rings. The minimum absolute atomic E-state index is 0.0145. The molecule has 3 nitrogen and oxygen atoms in total. The summed E-state index contributed by atoms with van der Waals surface area (Å²) < 4.78 is 0. The normalized spacial score (nSPS) is 11.1. The Morgan fingerprint density at radius 2 is 2.00 bits per heavy atom. The van der Waals surface area contributed by atoms with Crippen LogP contribution in [0.3, 0.4) is 0 Å². The molecule has 0 fully saturated rings. The lowest BCUT2D eigenvalue weighted by molar-refractivity contribution is -0.133. The number of carbonyl (C=O) groups is 1. The van der Waals surface area contributed by atoms with Gasteiger partial charge in [0.15, 0.2) is 0 Å². The maximum Gasteiger partial charge on any atom is 0.229 e. The van der Waals surface area contributed by atoms with Crippen LogP contribution in [0.1, 0.15) is 33.6 Å². The van der Waals surface area contributed by atoms with E-state index in [1.165, 1.54) is 0 Å². The number of thiocarbonyl (C=S) groups is 1. The topological polar surface area (TPSA) is 46.3 Å². The Morgan fingerprint density at radius 3 is 2.31 bits per heavy atom. The molecule has 0 saturated heterocycles. The van der Waals surface area contributed by atoms with Crippen molar-refractivity contribution in [3.63, 3.8) is 0 Å². The molecule has 76 valence electrons. The van der Waals surface area contributed by atoms with Gasteiger partial charge < -0.3 is 10.6 Å². The third kappa shape index (κ3) is 3.72. The molecule has 4 heteroatoms. The standard InChI is InChI=1S/C9H18N2OS/c1-5-9(2,3)11(4)8(12)6-7(10)13/h5-6H2,1-4H3,(H2,10,13). The smallest absolute Gasteiger partial charge is 0.229 e. The molecule has 0 atom stereocenters. The van der Waals surface area contributed by atoms with Crippen LogP contribution in [0, 0.1) is 0 Å². The Labute approximate surface area is 85.3 Å². The first-order valence-corrected chi connectivity index (χ1v) is 4.77. The SMILES string of the molecule is CCC(C)(C)N(C)C(=O)CC(N)=S. The third-order valence-electron chi connectivity index (χ3n) is 2.47. The summed E-state index contributed by atoms with van der Waals surface area (Å²) in [5.41, 5.74) is 5.18. The summed E-state index contributed by atoms with van der Waals surface area (Å²) in [6.45, 7) is 6.08. The second kappa shape index (κ2) is 4.56. The zero-order valence-corrected chi connectivity index (χ0v) is 9.57. The summed E-state index contributed by atoms with van der Waals surface area (Å²) in [6, 6.07) is 0. The second-order valence-electron chi connectivity index (χ2n) is 3.76. The molecule has 0 rings (SSSR count). The maximum absolute atomic E-state index is 11.5. The van der Waals surface area contributed by atoms with Crippen molar-refractivity contribution >= 4 is 23.1 Å². The molecule has 13 heavy (non-hydrogen) atoms. The van der Waals surface area contributed by atoms with E-state index in [0.29, 0.717) is 0 Å². The van der Waals surface area contributed by atoms with E-state index in [0.717, 1.165) is 6.42 Å². The third-order valence-corrected chi connectivity index (χ3v) is 2.62. The van der Waals surface area contributed by atoms with Crippen LogP contribution >= 0.6 is 12.2 Å². The number of carbonyl (C=O) groups excluding carboxylic acids is 1. The molecule has 0 spiro atoms. The fraction of sp³-hybridized carbons (Fsp3) is 0.778. The van der Waals surface area contributed by atoms with Gasteiger partial charge in [-0.2, -0.15) is 0 Å². The van der Waals surface area contributed by atoms with Gasteiger partial charge in [-0.25, -0.2) is 0 Å². The molecule has 0 aromatic heterocycles. The van der Waals surface area contributed by atoms with Crippen molar-refractivity contribution < 1.29 is 4.79 Å². The second-order valence-corrected chi connectivity index (χ2v) is 4.29. The zero-order valence-electron chi connectivity index (χ0n) is 8.76. The molecule has 0 unspecified atom stereocenters. The van der Waals surface area contributed by atoms with Crippen LogP contribution in [-0.2, 0) is 4.79 Å². The summed E-state index contributed by atoms with van der Waals surface area (Å²) in [5, 5.41) is 0. The predicted molar refractivity (Wildman–Crippen MR) is 58.5 cm³/mol. The zero-order chi connectivity index (χ0) is 10.6. The van der Waals surface area contributed by atoms with Crippen LogP contribution in [0.4, 0.5) is 0 Å². The van der Waals surface area contributed by atoms with Gasteiger partial charge >= 0.3 is 0 Å². The van der Waals surface area contributed by atoms with E-state index in [4.69, 9.17) is 5.73 Å². The van der Waals surface area contributed by atoms with Gasteiger partial charge in [-0.15, -0.1) is 0 Å². The lowest BCUT2D eigenvalue weighted by Crippen LogP contribution is -2.45. The van der Waals surface area contributed by atoms with Gasteiger partial charge in [0.25, 0.3) is 0 Å². The van der Waals surface area contributed by atoms with Gasteiger partial charge in [0.05, 0.1) is 11.4 Å². The van der Waals surface area contributed by atoms with E-state index < -0.39 is 0 Å². The lowest BCUT2D eigenvalue weighted by Gasteiger charge is -2.34. The minimum Gasteiger partial charge on any atom is -0.393 e. The molecule has 0 radical (unpaired) electrons. The van der Waals surface area contributed by atoms with E-state index in [-0.39, 0.29) is 22.9 Å². The van der Waals surface area contributed by atoms with E-state index in [2.05, 4.69) is 12.2 Å². The molecule has 0 aromatic rings. The Balaban J connectivity index is 4.33. The maximum atomic E-state index is 11.5. The number of amides is 1. The van der Waals surface area contributed by atoms with Gasteiger partial charge in [-0.05, 0) is 20.3 Å². The lowest BCUT2D eigenvalue weighted by atomic mass is 9.99. The molecule has 0 aliphatic carbocycles. The molecule has 0 bridgehead atoms. The van der Waals surface area contributed by atoms with Crippen molar-refractivity contribution in [3.05, 3.63) is 0 Å². The van der Waals surface area contributed by atoms with Crippen LogP contribution in [0.25, 0.3) is 0 Å². The average Bonchev–Trinajstić information content (AvgIpc) is 2.01. The van der Waals surface area contributed by atoms with Crippen molar-refractivity contribution in [3.8, 4) is 0 Å². The molecule has 0 heterocycles. The van der Waals surface area contributed by atoms with Gasteiger partial charge in [0, 0.05) is 12.6 Å². The summed E-state index contributed by atoms with van der Waals surface area (Å²) in [6.07, 6.45) is 1.07. The van der Waals surface area contributed by atoms with Crippen LogP contribution in [0.5, 0.6) is 0 Å². The van der Waals surface area contributed by atoms with Crippen molar-refractivity contribution in [2.24, 2.45) is 5.73 Å². The Morgan fingerprint density at radius 1 is 1.54 bits per heavy atom. The van der Waals surface area contributed by atoms with Crippen molar-refractivity contribution in [2.45, 2.75) is 39.2 Å². The first kappa shape index (κ1) is 12.4. The molecular weight excluding hydrogens is 184 g/mol. The molecular formula is C9H18N2OS. The van der Waals surface area contributed by atoms with Crippen LogP contribution in [-0.4, -0.2) is 28.4 Å². The first-order chi connectivity index (χ1) is 5.81. The van der Waals surface area contributed by atoms with E-state index in [1.54, 1.807) is 11.9 Å². The minimum atomic E-state index is -0.123. The van der Waals surface area contributed by atoms with E-state index >= 15 is 0 Å². The number of nitrogens with zero attached hydrogens (tertiary/aromatic N) is 1. The number of nitrogens with two attached hydrogens (primary N) is 1. The van der Waals surface area contributed by atoms with Crippen molar-refractivity contribution in [1.82, 2.24) is 4.90 Å². The van der Waals surface area contributed by atoms with Crippen LogP contribution < -0.4 is 5.73 Å². The highest BCUT2D eigenvalue weighted by Gasteiger charge is 2.25. The number of hydrogen-bond donors (Lipinski definition) is 1. The molecule has 2 N–H and O–H groups in total. The van der Waals surface area contributed by atoms with Gasteiger partial charge in [0.2, 0.25) is 5.91 Å². The molecule has 0 aliphatic heterocycles. The van der Waals surface area contributed by atoms with Crippen LogP contribution in [0.2, 0.25) is 0 Å². The highest BCUT2D eigenvalue weighted by molar-refractivity contribution is 7.80. The van der Waals surface area contributed by atoms with Gasteiger partial charge in [-0.3, -0.25) is 4.79 Å². The predicted octanol–water partition coefficient (Wildman–Crippen LogP) is 1.31. The largest absolute Gasteiger partial charge is 0.393 e. The highest BCUT2D eigenvalue weighted by atomic mass is 32.1. The Kier molecular flexibility index (Phi) is 4.33. The van der Waals surface area contributed by atoms with Gasteiger partial charge in [0.1, 0.15) is 0 Å². The van der Waals surface area contributed by atoms with Crippen molar-refractivity contribution in [1.29, 1.82) is 0 Å². The van der Waals surface area contributed by atoms with Crippen LogP contribution in [0.15, 0.2) is 0 Å². The highest BCUT2D eigenvalue weighted by Crippen LogP contribution is 2.16. The molecule has 0 aromatic carbocycles.